The molecule has 1 aromatic heterocycles. The smallest absolute Gasteiger partial charge is 0.175 e. The van der Waals surface area contributed by atoms with Gasteiger partial charge in [-0.3, -0.25) is 0 Å². The van der Waals surface area contributed by atoms with Gasteiger partial charge in [-0.15, -0.1) is 11.6 Å². The minimum Gasteiger partial charge on any atom is -0.386 e. The number of halogens is 1. The number of hydrogen-bond acceptors (Lipinski definition) is 2. The van der Waals surface area contributed by atoms with Gasteiger partial charge in [-0.25, -0.2) is 4.99 Å². The van der Waals surface area contributed by atoms with Crippen LogP contribution in [0.25, 0.3) is 11.0 Å². The van der Waals surface area contributed by atoms with Gasteiger partial charge >= 0.3 is 0 Å². The summed E-state index contributed by atoms with van der Waals surface area (Å²) in [6.07, 6.45) is 0. The summed E-state index contributed by atoms with van der Waals surface area (Å²) < 4.78 is 0.594. The molecule has 0 bridgehead atoms. The Morgan fingerprint density at radius 1 is 1.40 bits per heavy atom. The third-order valence-corrected chi connectivity index (χ3v) is 2.39. The van der Waals surface area contributed by atoms with Crippen LogP contribution in [0.5, 0.6) is 0 Å². The fraction of sp³-hybridized carbons (Fsp3) is 0.111. The Morgan fingerprint density at radius 2 is 2.13 bits per heavy atom. The van der Waals surface area contributed by atoms with Crippen molar-refractivity contribution in [1.29, 1.82) is 0 Å². The number of aliphatic imine (C=N–C) groups is 1. The minimum absolute atomic E-state index is 0.223. The van der Waals surface area contributed by atoms with E-state index in [2.05, 4.69) is 15.0 Å². The number of amidine groups is 1. The van der Waals surface area contributed by atoms with Gasteiger partial charge in [0.1, 0.15) is 5.84 Å². The Balaban J connectivity index is 2.51. The van der Waals surface area contributed by atoms with Crippen molar-refractivity contribution in [3.05, 3.63) is 23.0 Å². The van der Waals surface area contributed by atoms with Crippen molar-refractivity contribution in [3.8, 4) is 0 Å². The second-order valence-electron chi connectivity index (χ2n) is 3.05. The first-order valence-corrected chi connectivity index (χ1v) is 5.24. The molecule has 0 atom stereocenters. The second-order valence-corrected chi connectivity index (χ2v) is 3.72. The zero-order valence-electron chi connectivity index (χ0n) is 7.75. The van der Waals surface area contributed by atoms with Gasteiger partial charge in [-0.2, -0.15) is 0 Å². The van der Waals surface area contributed by atoms with E-state index < -0.39 is 0 Å². The molecular weight excluding hydrogens is 232 g/mol. The number of nitrogens with one attached hydrogen (secondary N) is 2. The number of alkyl halides is 1. The van der Waals surface area contributed by atoms with Crippen LogP contribution >= 0.6 is 23.8 Å². The van der Waals surface area contributed by atoms with Crippen LogP contribution in [0.4, 0.5) is 5.69 Å². The van der Waals surface area contributed by atoms with Gasteiger partial charge in [0.05, 0.1) is 22.6 Å². The average Bonchev–Trinajstić information content (AvgIpc) is 2.57. The molecule has 0 saturated carbocycles. The topological polar surface area (TPSA) is 70.0 Å². The number of aromatic amines is 2. The summed E-state index contributed by atoms with van der Waals surface area (Å²) in [5.41, 5.74) is 8.14. The lowest BCUT2D eigenvalue weighted by Gasteiger charge is -1.96. The molecule has 0 amide bonds. The molecule has 15 heavy (non-hydrogen) atoms. The summed E-state index contributed by atoms with van der Waals surface area (Å²) >= 11 is 10.5. The van der Waals surface area contributed by atoms with Crippen LogP contribution < -0.4 is 5.73 Å². The van der Waals surface area contributed by atoms with Gasteiger partial charge in [-0.1, -0.05) is 0 Å². The van der Waals surface area contributed by atoms with E-state index in [9.17, 15) is 0 Å². The van der Waals surface area contributed by atoms with Gasteiger partial charge in [0.25, 0.3) is 0 Å². The maximum atomic E-state index is 5.54. The Morgan fingerprint density at radius 3 is 2.87 bits per heavy atom. The van der Waals surface area contributed by atoms with E-state index in [1.165, 1.54) is 0 Å². The Labute approximate surface area is 96.2 Å². The van der Waals surface area contributed by atoms with Crippen molar-refractivity contribution >= 4 is 46.4 Å². The second kappa shape index (κ2) is 4.04. The summed E-state index contributed by atoms with van der Waals surface area (Å²) in [7, 11) is 0. The van der Waals surface area contributed by atoms with E-state index in [4.69, 9.17) is 29.6 Å². The molecule has 0 aliphatic carbocycles. The van der Waals surface area contributed by atoms with Gasteiger partial charge in [0.2, 0.25) is 0 Å². The zero-order chi connectivity index (χ0) is 10.8. The molecule has 1 heterocycles. The number of fused-ring (bicyclic) bond motifs is 1. The Bertz CT molecular complexity index is 569. The summed E-state index contributed by atoms with van der Waals surface area (Å²) in [5.74, 6) is 0.617. The van der Waals surface area contributed by atoms with Crippen molar-refractivity contribution in [2.24, 2.45) is 10.7 Å². The molecule has 0 aliphatic rings. The number of nitrogens with two attached hydrogens (primary N) is 1. The minimum atomic E-state index is 0.223. The molecule has 0 spiro atoms. The average molecular weight is 241 g/mol. The van der Waals surface area contributed by atoms with Crippen LogP contribution in [-0.2, 0) is 0 Å². The van der Waals surface area contributed by atoms with Crippen LogP contribution in [0.15, 0.2) is 23.2 Å². The molecule has 0 aliphatic heterocycles. The van der Waals surface area contributed by atoms with E-state index in [0.29, 0.717) is 10.6 Å². The Kier molecular flexibility index (Phi) is 2.75. The first-order chi connectivity index (χ1) is 7.19. The van der Waals surface area contributed by atoms with Crippen LogP contribution in [0.1, 0.15) is 0 Å². The van der Waals surface area contributed by atoms with Crippen molar-refractivity contribution in [1.82, 2.24) is 9.97 Å². The third kappa shape index (κ3) is 2.19. The largest absolute Gasteiger partial charge is 0.386 e. The van der Waals surface area contributed by atoms with Crippen molar-refractivity contribution in [3.63, 3.8) is 0 Å². The third-order valence-electron chi connectivity index (χ3n) is 1.91. The number of aromatic nitrogens is 2. The fourth-order valence-corrected chi connectivity index (χ4v) is 1.57. The van der Waals surface area contributed by atoms with E-state index >= 15 is 0 Å². The van der Waals surface area contributed by atoms with Crippen LogP contribution in [-0.4, -0.2) is 21.7 Å². The quantitative estimate of drug-likeness (QED) is 0.327. The molecule has 78 valence electrons. The highest BCUT2D eigenvalue weighted by molar-refractivity contribution is 7.71. The summed E-state index contributed by atoms with van der Waals surface area (Å²) in [6.45, 7) is 0. The number of hydrogen-bond donors (Lipinski definition) is 3. The van der Waals surface area contributed by atoms with E-state index in [1.807, 2.05) is 18.2 Å². The number of imidazole rings is 1. The van der Waals surface area contributed by atoms with E-state index in [-0.39, 0.29) is 5.88 Å². The highest BCUT2D eigenvalue weighted by atomic mass is 35.5. The molecule has 4 N–H and O–H groups in total. The first kappa shape index (κ1) is 10.2. The zero-order valence-corrected chi connectivity index (χ0v) is 9.32. The maximum absolute atomic E-state index is 5.54. The monoisotopic (exact) mass is 240 g/mol. The number of benzene rings is 1. The molecule has 2 rings (SSSR count). The van der Waals surface area contributed by atoms with Gasteiger partial charge in [-0.05, 0) is 30.4 Å². The molecule has 4 nitrogen and oxygen atoms in total. The number of H-pyrrole nitrogens is 2. The van der Waals surface area contributed by atoms with Gasteiger partial charge in [0.15, 0.2) is 4.77 Å². The highest BCUT2D eigenvalue weighted by Gasteiger charge is 1.98. The number of nitrogens with zero attached hydrogens (tertiary/aromatic N) is 1. The molecule has 6 heteroatoms. The highest BCUT2D eigenvalue weighted by Crippen LogP contribution is 2.18. The molecule has 0 radical (unpaired) electrons. The summed E-state index contributed by atoms with van der Waals surface area (Å²) in [4.78, 5) is 10.1. The van der Waals surface area contributed by atoms with Gasteiger partial charge < -0.3 is 15.7 Å². The lowest BCUT2D eigenvalue weighted by molar-refractivity contribution is 1.30. The molecule has 0 saturated heterocycles. The predicted molar refractivity (Wildman–Crippen MR) is 65.5 cm³/mol. The molecule has 0 unspecified atom stereocenters. The molecular formula is C9H9ClN4S. The summed E-state index contributed by atoms with van der Waals surface area (Å²) in [5, 5.41) is 0. The predicted octanol–water partition coefficient (Wildman–Crippen LogP) is 2.45. The normalized spacial score (nSPS) is 12.2. The van der Waals surface area contributed by atoms with Crippen molar-refractivity contribution in [2.45, 2.75) is 0 Å². The van der Waals surface area contributed by atoms with Gasteiger partial charge in [0, 0.05) is 0 Å². The Hall–Kier alpha value is -1.33. The van der Waals surface area contributed by atoms with Crippen molar-refractivity contribution < 1.29 is 0 Å². The van der Waals surface area contributed by atoms with E-state index in [0.717, 1.165) is 16.7 Å². The first-order valence-electron chi connectivity index (χ1n) is 4.30. The number of rotatable bonds is 2. The SMILES string of the molecule is NC(CCl)=Nc1ccc2[nH]c(=S)[nH]c2c1. The lowest BCUT2D eigenvalue weighted by Crippen LogP contribution is -2.12. The van der Waals surface area contributed by atoms with Crippen LogP contribution in [0, 0.1) is 4.77 Å². The molecule has 0 fully saturated rings. The lowest BCUT2D eigenvalue weighted by atomic mass is 10.3. The van der Waals surface area contributed by atoms with Crippen molar-refractivity contribution in [2.75, 3.05) is 5.88 Å². The summed E-state index contributed by atoms with van der Waals surface area (Å²) in [6, 6.07) is 5.60. The van der Waals surface area contributed by atoms with E-state index in [1.54, 1.807) is 0 Å². The van der Waals surface area contributed by atoms with Crippen LogP contribution in [0.2, 0.25) is 0 Å². The molecule has 1 aromatic carbocycles. The van der Waals surface area contributed by atoms with Crippen LogP contribution in [0.3, 0.4) is 0 Å². The maximum Gasteiger partial charge on any atom is 0.175 e. The molecule has 2 aromatic rings. The fourth-order valence-electron chi connectivity index (χ4n) is 1.29. The standard InChI is InChI=1S/C9H9ClN4S/c10-4-8(11)12-5-1-2-6-7(3-5)14-9(15)13-6/h1-3H,4H2,(H2,11,12)(H2,13,14,15).